The molecule has 0 saturated heterocycles. The van der Waals surface area contributed by atoms with Crippen molar-refractivity contribution in [3.63, 3.8) is 0 Å². The van der Waals surface area contributed by atoms with Gasteiger partial charge in [-0.3, -0.25) is 9.59 Å². The monoisotopic (exact) mass is 430 g/mol. The van der Waals surface area contributed by atoms with E-state index >= 15 is 0 Å². The van der Waals surface area contributed by atoms with E-state index in [1.807, 2.05) is 26.0 Å². The van der Waals surface area contributed by atoms with Gasteiger partial charge in [-0.05, 0) is 49.4 Å². The van der Waals surface area contributed by atoms with Crippen molar-refractivity contribution in [2.45, 2.75) is 47.0 Å². The van der Waals surface area contributed by atoms with Crippen LogP contribution in [-0.2, 0) is 10.2 Å². The molecule has 1 N–H and O–H groups in total. The third kappa shape index (κ3) is 4.90. The summed E-state index contributed by atoms with van der Waals surface area (Å²) in [5.74, 6) is -1.09. The summed E-state index contributed by atoms with van der Waals surface area (Å²) in [4.78, 5) is 40.2. The molecule has 1 aromatic carbocycles. The van der Waals surface area contributed by atoms with Gasteiger partial charge in [-0.25, -0.2) is 4.79 Å². The van der Waals surface area contributed by atoms with Crippen LogP contribution in [-0.4, -0.2) is 42.9 Å². The van der Waals surface area contributed by atoms with Gasteiger partial charge < -0.3 is 15.0 Å². The zero-order valence-corrected chi connectivity index (χ0v) is 19.5. The number of carbonyl (C=O) groups is 3. The highest BCUT2D eigenvalue weighted by Crippen LogP contribution is 2.35. The van der Waals surface area contributed by atoms with Gasteiger partial charge in [0.05, 0.1) is 17.6 Å². The van der Waals surface area contributed by atoms with Crippen molar-refractivity contribution in [2.75, 3.05) is 25.5 Å². The molecular weight excluding hydrogens is 400 g/mol. The molecule has 2 rings (SSSR count). The fourth-order valence-electron chi connectivity index (χ4n) is 3.10. The maximum absolute atomic E-state index is 12.9. The summed E-state index contributed by atoms with van der Waals surface area (Å²) >= 11 is 1.10. The molecule has 0 fully saturated rings. The van der Waals surface area contributed by atoms with Crippen LogP contribution in [0.25, 0.3) is 0 Å². The van der Waals surface area contributed by atoms with E-state index in [0.717, 1.165) is 16.9 Å². The van der Waals surface area contributed by atoms with E-state index in [2.05, 4.69) is 26.1 Å². The van der Waals surface area contributed by atoms with Gasteiger partial charge in [-0.15, -0.1) is 11.3 Å². The van der Waals surface area contributed by atoms with Crippen molar-refractivity contribution in [3.05, 3.63) is 51.4 Å². The Balaban J connectivity index is 2.40. The molecular formula is C23H30N2O4S. The molecule has 6 nitrogen and oxygen atoms in total. The SMILES string of the molecule is CCN(CC)C(=O)c1sc(NC(=O)c2ccc(C(C)(C)C)cc2)c(C(=O)OC)c1C. The molecule has 0 saturated carbocycles. The number of nitrogens with zero attached hydrogens (tertiary/aromatic N) is 1. The molecule has 0 unspecified atom stereocenters. The van der Waals surface area contributed by atoms with Gasteiger partial charge in [-0.2, -0.15) is 0 Å². The Hall–Kier alpha value is -2.67. The molecule has 0 aliphatic heterocycles. The van der Waals surface area contributed by atoms with Crippen LogP contribution in [0.4, 0.5) is 5.00 Å². The number of ether oxygens (including phenoxy) is 1. The van der Waals surface area contributed by atoms with E-state index in [1.54, 1.807) is 24.0 Å². The molecule has 0 bridgehead atoms. The first kappa shape index (κ1) is 23.6. The van der Waals surface area contributed by atoms with Gasteiger partial charge in [-0.1, -0.05) is 32.9 Å². The molecule has 1 heterocycles. The summed E-state index contributed by atoms with van der Waals surface area (Å²) in [5.41, 5.74) is 2.31. The topological polar surface area (TPSA) is 75.7 Å². The number of carbonyl (C=O) groups excluding carboxylic acids is 3. The van der Waals surface area contributed by atoms with Gasteiger partial charge in [0.25, 0.3) is 11.8 Å². The Morgan fingerprint density at radius 1 is 1.07 bits per heavy atom. The molecule has 0 spiro atoms. The van der Waals surface area contributed by atoms with Gasteiger partial charge in [0.1, 0.15) is 5.00 Å². The number of hydrogen-bond acceptors (Lipinski definition) is 5. The van der Waals surface area contributed by atoms with Crippen LogP contribution in [0.2, 0.25) is 0 Å². The Bertz CT molecular complexity index is 935. The lowest BCUT2D eigenvalue weighted by Gasteiger charge is -2.19. The molecule has 0 atom stereocenters. The van der Waals surface area contributed by atoms with Crippen molar-refractivity contribution in [1.29, 1.82) is 0 Å². The fourth-order valence-corrected chi connectivity index (χ4v) is 4.26. The van der Waals surface area contributed by atoms with Crippen LogP contribution in [0.3, 0.4) is 0 Å². The number of thiophene rings is 1. The first-order chi connectivity index (χ1) is 14.0. The zero-order valence-electron chi connectivity index (χ0n) is 18.7. The second-order valence-corrected chi connectivity index (χ2v) is 9.03. The van der Waals surface area contributed by atoms with Gasteiger partial charge in [0, 0.05) is 18.7 Å². The summed E-state index contributed by atoms with van der Waals surface area (Å²) in [6.45, 7) is 12.9. The lowest BCUT2D eigenvalue weighted by atomic mass is 9.87. The molecule has 0 aliphatic carbocycles. The molecule has 7 heteroatoms. The molecule has 162 valence electrons. The number of hydrogen-bond donors (Lipinski definition) is 1. The van der Waals surface area contributed by atoms with Crippen molar-refractivity contribution in [2.24, 2.45) is 0 Å². The van der Waals surface area contributed by atoms with Crippen molar-refractivity contribution >= 4 is 34.1 Å². The Morgan fingerprint density at radius 2 is 1.63 bits per heavy atom. The molecule has 2 amide bonds. The highest BCUT2D eigenvalue weighted by molar-refractivity contribution is 7.18. The van der Waals surface area contributed by atoms with Crippen LogP contribution in [0, 0.1) is 6.92 Å². The minimum Gasteiger partial charge on any atom is -0.465 e. The first-order valence-electron chi connectivity index (χ1n) is 9.97. The quantitative estimate of drug-likeness (QED) is 0.663. The van der Waals surface area contributed by atoms with Crippen LogP contribution in [0.5, 0.6) is 0 Å². The van der Waals surface area contributed by atoms with Crippen molar-refractivity contribution < 1.29 is 19.1 Å². The second kappa shape index (κ2) is 9.43. The summed E-state index contributed by atoms with van der Waals surface area (Å²) in [6.07, 6.45) is 0. The highest BCUT2D eigenvalue weighted by atomic mass is 32.1. The van der Waals surface area contributed by atoms with Crippen LogP contribution in [0.15, 0.2) is 24.3 Å². The normalized spacial score (nSPS) is 11.2. The number of benzene rings is 1. The highest BCUT2D eigenvalue weighted by Gasteiger charge is 2.28. The maximum Gasteiger partial charge on any atom is 0.341 e. The molecule has 30 heavy (non-hydrogen) atoms. The first-order valence-corrected chi connectivity index (χ1v) is 10.8. The number of esters is 1. The number of amides is 2. The molecule has 1 aromatic heterocycles. The van der Waals surface area contributed by atoms with E-state index in [9.17, 15) is 14.4 Å². The lowest BCUT2D eigenvalue weighted by Crippen LogP contribution is -2.30. The summed E-state index contributed by atoms with van der Waals surface area (Å²) in [6, 6.07) is 7.36. The standard InChI is InChI=1S/C23H30N2O4S/c1-8-25(9-2)21(27)18-14(3)17(22(28)29-7)20(30-18)24-19(26)15-10-12-16(13-11-15)23(4,5)6/h10-13H,8-9H2,1-7H3,(H,24,26). The van der Waals surface area contributed by atoms with Crippen LogP contribution >= 0.6 is 11.3 Å². The van der Waals surface area contributed by atoms with E-state index in [1.165, 1.54) is 7.11 Å². The second-order valence-electron chi connectivity index (χ2n) is 8.01. The van der Waals surface area contributed by atoms with Gasteiger partial charge >= 0.3 is 5.97 Å². The summed E-state index contributed by atoms with van der Waals surface area (Å²) in [7, 11) is 1.28. The smallest absolute Gasteiger partial charge is 0.341 e. The molecule has 0 radical (unpaired) electrons. The van der Waals surface area contributed by atoms with Gasteiger partial charge in [0.2, 0.25) is 0 Å². The average molecular weight is 431 g/mol. The predicted molar refractivity (Wildman–Crippen MR) is 121 cm³/mol. The van der Waals surface area contributed by atoms with Crippen LogP contribution in [0.1, 0.15) is 76.1 Å². The lowest BCUT2D eigenvalue weighted by molar-refractivity contribution is 0.0601. The van der Waals surface area contributed by atoms with E-state index in [4.69, 9.17) is 4.74 Å². The largest absolute Gasteiger partial charge is 0.465 e. The minimum absolute atomic E-state index is 0.0163. The molecule has 0 aliphatic rings. The molecule has 2 aromatic rings. The van der Waals surface area contributed by atoms with Crippen LogP contribution < -0.4 is 5.32 Å². The Kier molecular flexibility index (Phi) is 7.42. The summed E-state index contributed by atoms with van der Waals surface area (Å²) < 4.78 is 4.90. The third-order valence-electron chi connectivity index (χ3n) is 5.02. The average Bonchev–Trinajstić information content (AvgIpc) is 3.03. The minimum atomic E-state index is -0.583. The number of methoxy groups -OCH3 is 1. The fraction of sp³-hybridized carbons (Fsp3) is 0.435. The number of anilines is 1. The Morgan fingerprint density at radius 3 is 2.10 bits per heavy atom. The zero-order chi connectivity index (χ0) is 22.6. The summed E-state index contributed by atoms with van der Waals surface area (Å²) in [5, 5.41) is 3.12. The third-order valence-corrected chi connectivity index (χ3v) is 6.22. The Labute approximate surface area is 182 Å². The number of rotatable bonds is 6. The maximum atomic E-state index is 12.9. The van der Waals surface area contributed by atoms with E-state index < -0.39 is 5.97 Å². The van der Waals surface area contributed by atoms with Crippen molar-refractivity contribution in [1.82, 2.24) is 4.90 Å². The number of nitrogens with one attached hydrogen (secondary N) is 1. The van der Waals surface area contributed by atoms with Crippen molar-refractivity contribution in [3.8, 4) is 0 Å². The van der Waals surface area contributed by atoms with Gasteiger partial charge in [0.15, 0.2) is 0 Å². The van der Waals surface area contributed by atoms with E-state index in [-0.39, 0.29) is 22.8 Å². The van der Waals surface area contributed by atoms with E-state index in [0.29, 0.717) is 34.1 Å². The predicted octanol–water partition coefficient (Wildman–Crippen LogP) is 4.87.